The van der Waals surface area contributed by atoms with E-state index in [0.717, 1.165) is 19.5 Å². The van der Waals surface area contributed by atoms with Gasteiger partial charge in [0.15, 0.2) is 0 Å². The van der Waals surface area contributed by atoms with E-state index in [2.05, 4.69) is 63.7 Å². The van der Waals surface area contributed by atoms with E-state index in [0.29, 0.717) is 6.54 Å². The summed E-state index contributed by atoms with van der Waals surface area (Å²) in [6, 6.07) is 17.2. The molecule has 5 nitrogen and oxygen atoms in total. The number of alkyl carbamates (subject to hydrolysis) is 1. The lowest BCUT2D eigenvalue weighted by atomic mass is 10.2. The summed E-state index contributed by atoms with van der Waals surface area (Å²) >= 11 is 0. The van der Waals surface area contributed by atoms with Crippen LogP contribution in [0.5, 0.6) is 0 Å². The van der Waals surface area contributed by atoms with Gasteiger partial charge in [-0.1, -0.05) is 36.4 Å². The van der Waals surface area contributed by atoms with Crippen molar-refractivity contribution in [1.82, 2.24) is 15.2 Å². The number of rotatable bonds is 7. The van der Waals surface area contributed by atoms with Gasteiger partial charge in [-0.15, -0.1) is 0 Å². The van der Waals surface area contributed by atoms with Crippen molar-refractivity contribution in [3.8, 4) is 0 Å². The molecule has 0 fully saturated rings. The standard InChI is InChI=1S/C23H31N3O2/c1-17(25-22(27)28-23(2,3)4)16-24-14-9-15-26-20-12-7-5-10-18(20)19-11-6-8-13-21(19)26/h5-8,10-13,17,24H,9,14-16H2,1-4H3,(H,25,27). The van der Waals surface area contributed by atoms with E-state index in [9.17, 15) is 4.79 Å². The van der Waals surface area contributed by atoms with Crippen molar-refractivity contribution < 1.29 is 9.53 Å². The summed E-state index contributed by atoms with van der Waals surface area (Å²) in [7, 11) is 0. The van der Waals surface area contributed by atoms with Gasteiger partial charge in [-0.2, -0.15) is 0 Å². The van der Waals surface area contributed by atoms with Gasteiger partial charge in [0.05, 0.1) is 0 Å². The van der Waals surface area contributed by atoms with Gasteiger partial charge in [0.2, 0.25) is 0 Å². The lowest BCUT2D eigenvalue weighted by Gasteiger charge is -2.22. The number of nitrogens with one attached hydrogen (secondary N) is 2. The molecule has 0 saturated heterocycles. The van der Waals surface area contributed by atoms with Crippen LogP contribution in [0.4, 0.5) is 4.79 Å². The Morgan fingerprint density at radius 3 is 2.18 bits per heavy atom. The number of amides is 1. The number of aromatic nitrogens is 1. The van der Waals surface area contributed by atoms with Crippen molar-refractivity contribution in [2.24, 2.45) is 0 Å². The minimum absolute atomic E-state index is 0.0167. The molecule has 0 spiro atoms. The zero-order chi connectivity index (χ0) is 20.1. The zero-order valence-electron chi connectivity index (χ0n) is 17.3. The quantitative estimate of drug-likeness (QED) is 0.584. The van der Waals surface area contributed by atoms with Crippen LogP contribution in [0.2, 0.25) is 0 Å². The summed E-state index contributed by atoms with van der Waals surface area (Å²) in [5.74, 6) is 0. The molecule has 5 heteroatoms. The summed E-state index contributed by atoms with van der Waals surface area (Å²) in [6.07, 6.45) is 0.647. The third kappa shape index (κ3) is 5.04. The molecule has 3 rings (SSSR count). The van der Waals surface area contributed by atoms with E-state index in [1.54, 1.807) is 0 Å². The monoisotopic (exact) mass is 381 g/mol. The third-order valence-corrected chi connectivity index (χ3v) is 4.63. The number of carbonyl (C=O) groups excluding carboxylic acids is 1. The number of benzene rings is 2. The number of nitrogens with zero attached hydrogens (tertiary/aromatic N) is 1. The number of ether oxygens (including phenoxy) is 1. The molecule has 0 aliphatic heterocycles. The molecule has 1 atom stereocenters. The van der Waals surface area contributed by atoms with E-state index in [-0.39, 0.29) is 12.1 Å². The maximum absolute atomic E-state index is 11.8. The van der Waals surface area contributed by atoms with Crippen LogP contribution in [-0.4, -0.2) is 35.4 Å². The van der Waals surface area contributed by atoms with Gasteiger partial charge in [0, 0.05) is 40.9 Å². The number of carbonyl (C=O) groups is 1. The van der Waals surface area contributed by atoms with Crippen LogP contribution >= 0.6 is 0 Å². The molecule has 0 aliphatic rings. The topological polar surface area (TPSA) is 55.3 Å². The smallest absolute Gasteiger partial charge is 0.407 e. The van der Waals surface area contributed by atoms with Crippen molar-refractivity contribution >= 4 is 27.9 Å². The van der Waals surface area contributed by atoms with Crippen LogP contribution in [0.3, 0.4) is 0 Å². The van der Waals surface area contributed by atoms with Gasteiger partial charge in [-0.05, 0) is 52.8 Å². The fourth-order valence-electron chi connectivity index (χ4n) is 3.48. The molecule has 0 saturated carbocycles. The molecule has 3 aromatic rings. The minimum atomic E-state index is -0.473. The highest BCUT2D eigenvalue weighted by atomic mass is 16.6. The second-order valence-electron chi connectivity index (χ2n) is 8.29. The van der Waals surface area contributed by atoms with Crippen molar-refractivity contribution in [3.63, 3.8) is 0 Å². The second-order valence-corrected chi connectivity index (χ2v) is 8.29. The zero-order valence-corrected chi connectivity index (χ0v) is 17.3. The Morgan fingerprint density at radius 1 is 1.04 bits per heavy atom. The highest BCUT2D eigenvalue weighted by Crippen LogP contribution is 2.28. The average molecular weight is 382 g/mol. The third-order valence-electron chi connectivity index (χ3n) is 4.63. The predicted octanol–water partition coefficient (Wildman–Crippen LogP) is 4.69. The van der Waals surface area contributed by atoms with E-state index in [1.807, 2.05) is 27.7 Å². The molecule has 0 aliphatic carbocycles. The highest BCUT2D eigenvalue weighted by Gasteiger charge is 2.17. The lowest BCUT2D eigenvalue weighted by Crippen LogP contribution is -2.42. The summed E-state index contributed by atoms with van der Waals surface area (Å²) in [5, 5.41) is 8.90. The van der Waals surface area contributed by atoms with Gasteiger partial charge in [-0.3, -0.25) is 0 Å². The maximum Gasteiger partial charge on any atom is 0.407 e. The molecule has 1 amide bonds. The Balaban J connectivity index is 1.50. The molecular weight excluding hydrogens is 350 g/mol. The lowest BCUT2D eigenvalue weighted by molar-refractivity contribution is 0.0508. The SMILES string of the molecule is CC(CNCCCn1c2ccccc2c2ccccc21)NC(=O)OC(C)(C)C. The van der Waals surface area contributed by atoms with Crippen LogP contribution < -0.4 is 10.6 Å². The summed E-state index contributed by atoms with van der Waals surface area (Å²) in [6.45, 7) is 10.1. The fourth-order valence-corrected chi connectivity index (χ4v) is 3.48. The summed E-state index contributed by atoms with van der Waals surface area (Å²) in [5.41, 5.74) is 2.09. The molecule has 150 valence electrons. The van der Waals surface area contributed by atoms with Crippen LogP contribution in [0.1, 0.15) is 34.1 Å². The van der Waals surface area contributed by atoms with Gasteiger partial charge >= 0.3 is 6.09 Å². The minimum Gasteiger partial charge on any atom is -0.444 e. The molecule has 1 unspecified atom stereocenters. The van der Waals surface area contributed by atoms with E-state index < -0.39 is 5.60 Å². The van der Waals surface area contributed by atoms with Crippen LogP contribution in [0.15, 0.2) is 48.5 Å². The number of hydrogen-bond acceptors (Lipinski definition) is 3. The van der Waals surface area contributed by atoms with Crippen LogP contribution in [0.25, 0.3) is 21.8 Å². The Hall–Kier alpha value is -2.53. The first kappa shape index (κ1) is 20.2. The average Bonchev–Trinajstić information content (AvgIpc) is 2.94. The molecular formula is C23H31N3O2. The summed E-state index contributed by atoms with van der Waals surface area (Å²) in [4.78, 5) is 11.8. The van der Waals surface area contributed by atoms with Gasteiger partial charge in [-0.25, -0.2) is 4.79 Å². The number of fused-ring (bicyclic) bond motifs is 3. The predicted molar refractivity (Wildman–Crippen MR) is 116 cm³/mol. The van der Waals surface area contributed by atoms with Gasteiger partial charge in [0.25, 0.3) is 0 Å². The molecule has 2 aromatic carbocycles. The van der Waals surface area contributed by atoms with Gasteiger partial charge < -0.3 is 19.9 Å². The highest BCUT2D eigenvalue weighted by molar-refractivity contribution is 6.07. The van der Waals surface area contributed by atoms with Crippen LogP contribution in [-0.2, 0) is 11.3 Å². The first-order valence-corrected chi connectivity index (χ1v) is 10.0. The Labute approximate surface area is 167 Å². The fraction of sp³-hybridized carbons (Fsp3) is 0.435. The molecule has 28 heavy (non-hydrogen) atoms. The number of hydrogen-bond donors (Lipinski definition) is 2. The molecule has 0 bridgehead atoms. The first-order chi connectivity index (χ1) is 13.3. The normalized spacial score (nSPS) is 13.0. The Kier molecular flexibility index (Phi) is 6.25. The summed E-state index contributed by atoms with van der Waals surface area (Å²) < 4.78 is 7.68. The van der Waals surface area contributed by atoms with Gasteiger partial charge in [0.1, 0.15) is 5.60 Å². The van der Waals surface area contributed by atoms with Crippen molar-refractivity contribution in [2.45, 2.75) is 52.3 Å². The molecule has 1 aromatic heterocycles. The Bertz CT molecular complexity index is 887. The largest absolute Gasteiger partial charge is 0.444 e. The van der Waals surface area contributed by atoms with Crippen LogP contribution in [0, 0.1) is 0 Å². The number of aryl methyl sites for hydroxylation is 1. The maximum atomic E-state index is 11.8. The molecule has 1 heterocycles. The molecule has 0 radical (unpaired) electrons. The Morgan fingerprint density at radius 2 is 1.61 bits per heavy atom. The number of para-hydroxylation sites is 2. The van der Waals surface area contributed by atoms with Crippen molar-refractivity contribution in [2.75, 3.05) is 13.1 Å². The van der Waals surface area contributed by atoms with E-state index >= 15 is 0 Å². The first-order valence-electron chi connectivity index (χ1n) is 10.0. The molecule has 2 N–H and O–H groups in total. The second kappa shape index (κ2) is 8.65. The van der Waals surface area contributed by atoms with Crippen molar-refractivity contribution in [3.05, 3.63) is 48.5 Å². The van der Waals surface area contributed by atoms with E-state index in [1.165, 1.54) is 21.8 Å². The van der Waals surface area contributed by atoms with E-state index in [4.69, 9.17) is 4.74 Å². The van der Waals surface area contributed by atoms with Crippen molar-refractivity contribution in [1.29, 1.82) is 0 Å².